The Bertz CT molecular complexity index is 1810. The summed E-state index contributed by atoms with van der Waals surface area (Å²) in [6.07, 6.45) is 1.74. The summed E-state index contributed by atoms with van der Waals surface area (Å²) < 4.78 is 13.5. The zero-order valence-electron chi connectivity index (χ0n) is 22.1. The molecule has 204 valence electrons. The predicted molar refractivity (Wildman–Crippen MR) is 159 cm³/mol. The van der Waals surface area contributed by atoms with E-state index in [1.807, 2.05) is 49.4 Å². The predicted octanol–water partition coefficient (Wildman–Crippen LogP) is 5.99. The molecule has 6 nitrogen and oxygen atoms in total. The van der Waals surface area contributed by atoms with Crippen molar-refractivity contribution in [2.45, 2.75) is 33.4 Å². The first-order chi connectivity index (χ1) is 19.3. The fraction of sp³-hybridized carbons (Fsp3) is 0.194. The van der Waals surface area contributed by atoms with Crippen LogP contribution in [-0.4, -0.2) is 17.1 Å². The molecule has 2 heterocycles. The maximum absolute atomic E-state index is 13.9. The van der Waals surface area contributed by atoms with Gasteiger partial charge < -0.3 is 9.47 Å². The molecule has 5 rings (SSSR count). The molecule has 0 spiro atoms. The molecule has 1 aliphatic heterocycles. The van der Waals surface area contributed by atoms with Crippen molar-refractivity contribution in [2.75, 3.05) is 6.61 Å². The molecule has 9 heteroatoms. The van der Waals surface area contributed by atoms with Crippen LogP contribution in [0.5, 0.6) is 5.75 Å². The summed E-state index contributed by atoms with van der Waals surface area (Å²) in [6, 6.07) is 19.8. The average molecular weight is 594 g/mol. The first kappa shape index (κ1) is 27.9. The van der Waals surface area contributed by atoms with Crippen LogP contribution < -0.4 is 19.6 Å². The van der Waals surface area contributed by atoms with E-state index < -0.39 is 12.0 Å². The lowest BCUT2D eigenvalue weighted by Gasteiger charge is -2.24. The van der Waals surface area contributed by atoms with Crippen molar-refractivity contribution in [1.29, 1.82) is 0 Å². The number of benzene rings is 3. The highest BCUT2D eigenvalue weighted by molar-refractivity contribution is 7.07. The van der Waals surface area contributed by atoms with Gasteiger partial charge in [-0.1, -0.05) is 82.6 Å². The Morgan fingerprint density at radius 3 is 2.55 bits per heavy atom. The van der Waals surface area contributed by atoms with E-state index in [9.17, 15) is 9.59 Å². The van der Waals surface area contributed by atoms with E-state index in [0.29, 0.717) is 42.0 Å². The first-order valence-electron chi connectivity index (χ1n) is 12.7. The lowest BCUT2D eigenvalue weighted by atomic mass is 9.95. The average Bonchev–Trinajstić information content (AvgIpc) is 3.23. The number of halogens is 2. The highest BCUT2D eigenvalue weighted by atomic mass is 35.5. The van der Waals surface area contributed by atoms with Crippen LogP contribution in [0.1, 0.15) is 42.1 Å². The van der Waals surface area contributed by atoms with E-state index in [-0.39, 0.29) is 18.8 Å². The van der Waals surface area contributed by atoms with Crippen molar-refractivity contribution in [1.82, 2.24) is 4.57 Å². The number of aryl methyl sites for hydroxylation is 1. The van der Waals surface area contributed by atoms with Crippen molar-refractivity contribution < 1.29 is 14.3 Å². The van der Waals surface area contributed by atoms with Gasteiger partial charge in [0.2, 0.25) is 0 Å². The maximum Gasteiger partial charge on any atom is 0.338 e. The Balaban J connectivity index is 1.62. The number of carbonyl (C=O) groups is 1. The topological polar surface area (TPSA) is 69.9 Å². The van der Waals surface area contributed by atoms with Crippen LogP contribution in [0.15, 0.2) is 87.8 Å². The van der Waals surface area contributed by atoms with Crippen LogP contribution in [0.2, 0.25) is 10.0 Å². The number of esters is 1. The monoisotopic (exact) mass is 592 g/mol. The Morgan fingerprint density at radius 1 is 1.07 bits per heavy atom. The number of aromatic nitrogens is 1. The second-order valence-electron chi connectivity index (χ2n) is 9.28. The number of allylic oxidation sites excluding steroid dienone is 1. The number of fused-ring (bicyclic) bond motifs is 1. The van der Waals surface area contributed by atoms with E-state index in [1.54, 1.807) is 48.8 Å². The van der Waals surface area contributed by atoms with Crippen molar-refractivity contribution >= 4 is 46.6 Å². The van der Waals surface area contributed by atoms with Crippen molar-refractivity contribution in [3.63, 3.8) is 0 Å². The quantitative estimate of drug-likeness (QED) is 0.247. The molecule has 0 amide bonds. The zero-order chi connectivity index (χ0) is 28.4. The largest absolute Gasteiger partial charge is 0.488 e. The Hall–Kier alpha value is -3.65. The van der Waals surface area contributed by atoms with Crippen molar-refractivity contribution in [3.05, 3.63) is 130 Å². The lowest BCUT2D eigenvalue weighted by Crippen LogP contribution is -2.39. The molecule has 3 aromatic carbocycles. The molecule has 0 unspecified atom stereocenters. The normalized spacial score (nSPS) is 15.0. The number of rotatable bonds is 7. The van der Waals surface area contributed by atoms with Crippen LogP contribution in [0.3, 0.4) is 0 Å². The number of nitrogens with zero attached hydrogens (tertiary/aromatic N) is 2. The molecule has 0 aliphatic carbocycles. The Kier molecular flexibility index (Phi) is 8.26. The summed E-state index contributed by atoms with van der Waals surface area (Å²) in [5.41, 5.74) is 3.92. The van der Waals surface area contributed by atoms with E-state index in [4.69, 9.17) is 32.7 Å². The van der Waals surface area contributed by atoms with Crippen LogP contribution in [-0.2, 0) is 16.1 Å². The van der Waals surface area contributed by atoms with Crippen LogP contribution >= 0.6 is 34.5 Å². The van der Waals surface area contributed by atoms with E-state index >= 15 is 0 Å². The van der Waals surface area contributed by atoms with E-state index in [1.165, 1.54) is 11.3 Å². The summed E-state index contributed by atoms with van der Waals surface area (Å²) in [5.74, 6) is 0.0577. The molecule has 0 fully saturated rings. The molecular weight excluding hydrogens is 567 g/mol. The number of hydrogen-bond donors (Lipinski definition) is 0. The minimum absolute atomic E-state index is 0.215. The second kappa shape index (κ2) is 11.8. The number of hydrogen-bond acceptors (Lipinski definition) is 6. The second-order valence-corrected chi connectivity index (χ2v) is 11.1. The van der Waals surface area contributed by atoms with Gasteiger partial charge in [0, 0.05) is 21.2 Å². The summed E-state index contributed by atoms with van der Waals surface area (Å²) >= 11 is 13.9. The van der Waals surface area contributed by atoms with E-state index in [0.717, 1.165) is 16.7 Å². The summed E-state index contributed by atoms with van der Waals surface area (Å²) in [5, 5.41) is 1.11. The van der Waals surface area contributed by atoms with Gasteiger partial charge in [0.15, 0.2) is 4.80 Å². The Labute approximate surface area is 245 Å². The number of ether oxygens (including phenoxy) is 2. The summed E-state index contributed by atoms with van der Waals surface area (Å²) in [4.78, 5) is 32.1. The molecule has 0 N–H and O–H groups in total. The molecule has 0 saturated carbocycles. The molecule has 0 saturated heterocycles. The molecule has 1 aliphatic rings. The fourth-order valence-corrected chi connectivity index (χ4v) is 5.94. The Morgan fingerprint density at radius 2 is 1.82 bits per heavy atom. The molecule has 0 radical (unpaired) electrons. The summed E-state index contributed by atoms with van der Waals surface area (Å²) in [7, 11) is 0. The number of thiazole rings is 1. The minimum atomic E-state index is -0.673. The van der Waals surface area contributed by atoms with Crippen LogP contribution in [0, 0.1) is 6.92 Å². The van der Waals surface area contributed by atoms with Gasteiger partial charge in [0.25, 0.3) is 5.56 Å². The minimum Gasteiger partial charge on any atom is -0.488 e. The van der Waals surface area contributed by atoms with Gasteiger partial charge in [-0.05, 0) is 56.7 Å². The highest BCUT2D eigenvalue weighted by Gasteiger charge is 2.33. The van der Waals surface area contributed by atoms with Gasteiger partial charge >= 0.3 is 5.97 Å². The molecule has 1 atom stereocenters. The van der Waals surface area contributed by atoms with Gasteiger partial charge in [0.1, 0.15) is 12.4 Å². The third-order valence-electron chi connectivity index (χ3n) is 6.51. The third-order valence-corrected chi connectivity index (χ3v) is 8.10. The lowest BCUT2D eigenvalue weighted by molar-refractivity contribution is -0.139. The van der Waals surface area contributed by atoms with Gasteiger partial charge in [0.05, 0.1) is 28.5 Å². The highest BCUT2D eigenvalue weighted by Crippen LogP contribution is 2.31. The molecular formula is C31H26Cl2N2O4S. The molecule has 0 bridgehead atoms. The standard InChI is InChI=1S/C31H26Cl2N2O4S/c1-4-38-30(37)27-19(3)34-31-35(28(27)20-11-9-18(2)10-12-20)29(36)26(40-31)16-22-15-23(32)13-14-25(22)39-17-21-7-5-6-8-24(21)33/h5-16,28H,4,17H2,1-3H3/b26-16-/t28-/m0/s1. The van der Waals surface area contributed by atoms with E-state index in [2.05, 4.69) is 4.99 Å². The number of carbonyl (C=O) groups excluding carboxylic acids is 1. The van der Waals surface area contributed by atoms with Gasteiger partial charge in [-0.2, -0.15) is 0 Å². The molecule has 4 aromatic rings. The maximum atomic E-state index is 13.9. The van der Waals surface area contributed by atoms with Crippen LogP contribution in [0.4, 0.5) is 0 Å². The fourth-order valence-electron chi connectivity index (χ4n) is 4.53. The van der Waals surface area contributed by atoms with Gasteiger partial charge in [-0.3, -0.25) is 9.36 Å². The third kappa shape index (κ3) is 5.63. The van der Waals surface area contributed by atoms with Crippen LogP contribution in [0.25, 0.3) is 6.08 Å². The molecule has 40 heavy (non-hydrogen) atoms. The van der Waals surface area contributed by atoms with Gasteiger partial charge in [-0.25, -0.2) is 9.79 Å². The van der Waals surface area contributed by atoms with Gasteiger partial charge in [-0.15, -0.1) is 0 Å². The zero-order valence-corrected chi connectivity index (χ0v) is 24.4. The summed E-state index contributed by atoms with van der Waals surface area (Å²) in [6.45, 7) is 5.97. The SMILES string of the molecule is CCOC(=O)C1=C(C)N=c2s/c(=C\c3cc(Cl)ccc3OCc3ccccc3Cl)c(=O)n2[C@H]1c1ccc(C)cc1. The first-order valence-corrected chi connectivity index (χ1v) is 14.3. The van der Waals surface area contributed by atoms with Crippen molar-refractivity contribution in [2.24, 2.45) is 4.99 Å². The molecule has 1 aromatic heterocycles. The smallest absolute Gasteiger partial charge is 0.338 e. The van der Waals surface area contributed by atoms with Crippen molar-refractivity contribution in [3.8, 4) is 5.75 Å².